The Morgan fingerprint density at radius 1 is 0.623 bits per heavy atom. The minimum atomic E-state index is -1.70. The number of esters is 1. The Bertz CT molecular complexity index is 980. The van der Waals surface area contributed by atoms with Gasteiger partial charge in [-0.05, 0) is 38.5 Å². The second kappa shape index (κ2) is 28.8. The van der Waals surface area contributed by atoms with Crippen molar-refractivity contribution in [1.82, 2.24) is 0 Å². The van der Waals surface area contributed by atoms with Gasteiger partial charge in [0.15, 0.2) is 12.6 Å². The van der Waals surface area contributed by atoms with Gasteiger partial charge in [0.2, 0.25) is 0 Å². The van der Waals surface area contributed by atoms with Gasteiger partial charge in [0.1, 0.15) is 54.9 Å². The van der Waals surface area contributed by atoms with E-state index in [0.717, 1.165) is 64.2 Å². The van der Waals surface area contributed by atoms with Crippen LogP contribution in [0.25, 0.3) is 0 Å². The van der Waals surface area contributed by atoms with E-state index in [1.54, 1.807) is 0 Å². The topological polar surface area (TPSA) is 214 Å². The average molecular weight is 763 g/mol. The largest absolute Gasteiger partial charge is 0.457 e. The molecule has 0 amide bonds. The van der Waals surface area contributed by atoms with Gasteiger partial charge >= 0.3 is 5.97 Å². The van der Waals surface area contributed by atoms with E-state index in [9.17, 15) is 40.5 Å². The lowest BCUT2D eigenvalue weighted by Crippen LogP contribution is -2.61. The molecule has 2 rings (SSSR count). The molecule has 0 aromatic heterocycles. The second-order valence-corrected chi connectivity index (χ2v) is 14.1. The molecule has 11 unspecified atom stereocenters. The van der Waals surface area contributed by atoms with Crippen LogP contribution in [-0.2, 0) is 33.2 Å². The first kappa shape index (κ1) is 47.6. The molecule has 0 radical (unpaired) electrons. The molecular formula is C39H70O14. The molecular weight excluding hydrogens is 692 g/mol. The third-order valence-electron chi connectivity index (χ3n) is 9.44. The van der Waals surface area contributed by atoms with Crippen LogP contribution in [0, 0.1) is 0 Å². The molecule has 2 aliphatic heterocycles. The molecule has 2 aliphatic rings. The van der Waals surface area contributed by atoms with Crippen molar-refractivity contribution in [2.24, 2.45) is 0 Å². The molecule has 0 saturated carbocycles. The summed E-state index contributed by atoms with van der Waals surface area (Å²) in [4.78, 5) is 12.8. The van der Waals surface area contributed by atoms with E-state index in [-0.39, 0.29) is 19.6 Å². The highest BCUT2D eigenvalue weighted by Crippen LogP contribution is 2.26. The molecule has 14 heteroatoms. The number of unbranched alkanes of at least 4 members (excludes halogenated alkanes) is 11. The fourth-order valence-corrected chi connectivity index (χ4v) is 6.08. The molecule has 0 aliphatic carbocycles. The highest BCUT2D eigenvalue weighted by Gasteiger charge is 2.47. The van der Waals surface area contributed by atoms with Crippen LogP contribution < -0.4 is 0 Å². The minimum absolute atomic E-state index is 0.0558. The average Bonchev–Trinajstić information content (AvgIpc) is 3.15. The van der Waals surface area contributed by atoms with Crippen LogP contribution in [0.2, 0.25) is 0 Å². The van der Waals surface area contributed by atoms with Gasteiger partial charge < -0.3 is 64.2 Å². The van der Waals surface area contributed by atoms with Gasteiger partial charge in [-0.3, -0.25) is 4.79 Å². The van der Waals surface area contributed by atoms with E-state index in [1.165, 1.54) is 25.7 Å². The monoisotopic (exact) mass is 762 g/mol. The van der Waals surface area contributed by atoms with Crippen LogP contribution in [0.5, 0.6) is 0 Å². The smallest absolute Gasteiger partial charge is 0.306 e. The summed E-state index contributed by atoms with van der Waals surface area (Å²) in [6.07, 6.45) is 8.59. The Balaban J connectivity index is 1.84. The van der Waals surface area contributed by atoms with Crippen LogP contribution in [0.3, 0.4) is 0 Å². The molecule has 53 heavy (non-hydrogen) atoms. The number of aliphatic hydroxyl groups excluding tert-OH is 7. The number of allylic oxidation sites excluding steroid dienone is 4. The normalized spacial score (nSPS) is 30.0. The molecule has 0 aromatic rings. The van der Waals surface area contributed by atoms with E-state index in [1.807, 2.05) is 0 Å². The van der Waals surface area contributed by atoms with E-state index in [0.29, 0.717) is 13.0 Å². The maximum Gasteiger partial charge on any atom is 0.306 e. The van der Waals surface area contributed by atoms with Gasteiger partial charge in [-0.2, -0.15) is 0 Å². The first-order valence-corrected chi connectivity index (χ1v) is 19.9. The molecule has 2 saturated heterocycles. The van der Waals surface area contributed by atoms with Crippen LogP contribution in [-0.4, -0.2) is 142 Å². The summed E-state index contributed by atoms with van der Waals surface area (Å²) in [6.45, 7) is 3.51. The molecule has 0 spiro atoms. The first-order chi connectivity index (χ1) is 25.6. The van der Waals surface area contributed by atoms with E-state index in [4.69, 9.17) is 28.4 Å². The summed E-state index contributed by atoms with van der Waals surface area (Å²) in [5.41, 5.74) is 0. The number of carbonyl (C=O) groups excluding carboxylic acids is 1. The van der Waals surface area contributed by atoms with Crippen molar-refractivity contribution in [3.8, 4) is 0 Å². The summed E-state index contributed by atoms with van der Waals surface area (Å²) < 4.78 is 33.8. The van der Waals surface area contributed by atoms with Crippen LogP contribution in [0.4, 0.5) is 0 Å². The van der Waals surface area contributed by atoms with Crippen LogP contribution in [0.1, 0.15) is 117 Å². The Hall–Kier alpha value is -1.53. The summed E-state index contributed by atoms with van der Waals surface area (Å²) in [5.74, 6) is -0.396. The fraction of sp³-hybridized carbons (Fsp3) is 0.872. The first-order valence-electron chi connectivity index (χ1n) is 19.9. The van der Waals surface area contributed by atoms with Crippen molar-refractivity contribution in [1.29, 1.82) is 0 Å². The Morgan fingerprint density at radius 2 is 1.21 bits per heavy atom. The van der Waals surface area contributed by atoms with E-state index >= 15 is 0 Å². The molecule has 310 valence electrons. The number of ether oxygens (including phenoxy) is 6. The SMILES string of the molecule is CCC/C=C\C/C=C\CCCCCCCC(=O)OC(COCCCCCCCC)COC1OC(COC2OC(CO)C(O)C(O)C2O)C(O)C(O)C1O. The van der Waals surface area contributed by atoms with Crippen molar-refractivity contribution in [2.45, 2.75) is 184 Å². The third kappa shape index (κ3) is 18.8. The zero-order valence-corrected chi connectivity index (χ0v) is 32.0. The number of aliphatic hydroxyl groups is 7. The lowest BCUT2D eigenvalue weighted by Gasteiger charge is -2.42. The molecule has 14 nitrogen and oxygen atoms in total. The maximum atomic E-state index is 12.8. The van der Waals surface area contributed by atoms with Crippen LogP contribution in [0.15, 0.2) is 24.3 Å². The lowest BCUT2D eigenvalue weighted by molar-refractivity contribution is -0.332. The van der Waals surface area contributed by atoms with Gasteiger partial charge in [-0.25, -0.2) is 0 Å². The maximum absolute atomic E-state index is 12.8. The standard InChI is InChI=1S/C39H70O14/c1-3-5-7-9-11-12-13-14-15-16-17-18-20-22-31(41)51-28(25-48-23-21-19-10-8-6-4-2)26-49-38-37(47)35(45)33(43)30(53-38)27-50-39-36(46)34(44)32(42)29(24-40)52-39/h7,9,12-13,28-30,32-40,42-47H,3-6,8,10-11,14-27H2,1-2H3/b9-7-,13-12-. The zero-order chi connectivity index (χ0) is 38.8. The Morgan fingerprint density at radius 3 is 1.89 bits per heavy atom. The number of carbonyl (C=O) groups is 1. The zero-order valence-electron chi connectivity index (χ0n) is 32.0. The van der Waals surface area contributed by atoms with Crippen molar-refractivity contribution in [3.05, 3.63) is 24.3 Å². The highest BCUT2D eigenvalue weighted by atomic mass is 16.7. The number of hydrogen-bond donors (Lipinski definition) is 7. The quantitative estimate of drug-likeness (QED) is 0.0332. The van der Waals surface area contributed by atoms with E-state index < -0.39 is 86.7 Å². The predicted molar refractivity (Wildman–Crippen MR) is 197 cm³/mol. The molecule has 0 aromatic carbocycles. The van der Waals surface area contributed by atoms with Crippen molar-refractivity contribution in [3.63, 3.8) is 0 Å². The second-order valence-electron chi connectivity index (χ2n) is 14.1. The van der Waals surface area contributed by atoms with Gasteiger partial charge in [-0.1, -0.05) is 95.9 Å². The van der Waals surface area contributed by atoms with Gasteiger partial charge in [-0.15, -0.1) is 0 Å². The van der Waals surface area contributed by atoms with Crippen molar-refractivity contribution >= 4 is 5.97 Å². The van der Waals surface area contributed by atoms with E-state index in [2.05, 4.69) is 38.2 Å². The fourth-order valence-electron chi connectivity index (χ4n) is 6.08. The van der Waals surface area contributed by atoms with Crippen molar-refractivity contribution < 1.29 is 69.0 Å². The molecule has 2 fully saturated rings. The molecule has 11 atom stereocenters. The summed E-state index contributed by atoms with van der Waals surface area (Å²) in [6, 6.07) is 0. The summed E-state index contributed by atoms with van der Waals surface area (Å²) in [5, 5.41) is 71.5. The van der Waals surface area contributed by atoms with Gasteiger partial charge in [0.05, 0.1) is 26.4 Å². The Kier molecular flexibility index (Phi) is 25.9. The third-order valence-corrected chi connectivity index (χ3v) is 9.44. The molecule has 7 N–H and O–H groups in total. The predicted octanol–water partition coefficient (Wildman–Crippen LogP) is 2.95. The minimum Gasteiger partial charge on any atom is -0.457 e. The number of hydrogen-bond acceptors (Lipinski definition) is 14. The molecule has 0 bridgehead atoms. The number of rotatable bonds is 29. The van der Waals surface area contributed by atoms with Gasteiger partial charge in [0.25, 0.3) is 0 Å². The summed E-state index contributed by atoms with van der Waals surface area (Å²) in [7, 11) is 0. The molecule has 2 heterocycles. The highest BCUT2D eigenvalue weighted by molar-refractivity contribution is 5.69. The lowest BCUT2D eigenvalue weighted by atomic mass is 9.98. The summed E-state index contributed by atoms with van der Waals surface area (Å²) >= 11 is 0. The van der Waals surface area contributed by atoms with Crippen LogP contribution >= 0.6 is 0 Å². The Labute approximate surface area is 316 Å². The van der Waals surface area contributed by atoms with Gasteiger partial charge in [0, 0.05) is 13.0 Å². The van der Waals surface area contributed by atoms with Crippen molar-refractivity contribution in [2.75, 3.05) is 33.0 Å².